The van der Waals surface area contributed by atoms with Crippen molar-refractivity contribution in [2.45, 2.75) is 26.7 Å². The Bertz CT molecular complexity index is 339. The molecule has 1 N–H and O–H groups in total. The molecule has 1 rings (SSSR count). The number of ether oxygens (including phenoxy) is 1. The van der Waals surface area contributed by atoms with E-state index in [1.807, 2.05) is 13.0 Å². The zero-order chi connectivity index (χ0) is 12.7. The molecule has 0 aromatic heterocycles. The van der Waals surface area contributed by atoms with Crippen LogP contribution >= 0.6 is 0 Å². The lowest BCUT2D eigenvalue weighted by molar-refractivity contribution is 0.285. The zero-order valence-electron chi connectivity index (χ0n) is 11.1. The molecular formula is C14H23NO2. The van der Waals surface area contributed by atoms with Crippen LogP contribution in [0.5, 0.6) is 5.75 Å². The number of anilines is 1. The van der Waals surface area contributed by atoms with Gasteiger partial charge in [0.25, 0.3) is 0 Å². The van der Waals surface area contributed by atoms with Crippen molar-refractivity contribution in [2.75, 3.05) is 31.7 Å². The van der Waals surface area contributed by atoms with Gasteiger partial charge in [0.2, 0.25) is 0 Å². The number of hydrogen-bond acceptors (Lipinski definition) is 3. The molecule has 0 aliphatic rings. The first-order valence-corrected chi connectivity index (χ1v) is 6.24. The molecule has 3 nitrogen and oxygen atoms in total. The standard InChI is InChI=1S/C14H23NO2/c1-4-17-14-8-7-13(11-12(14)2)15(3)9-5-6-10-16/h7-8,11,16H,4-6,9-10H2,1-3H3. The second kappa shape index (κ2) is 7.17. The Hall–Kier alpha value is -1.22. The van der Waals surface area contributed by atoms with Crippen LogP contribution < -0.4 is 9.64 Å². The number of nitrogens with zero attached hydrogens (tertiary/aromatic N) is 1. The summed E-state index contributed by atoms with van der Waals surface area (Å²) in [7, 11) is 2.08. The third-order valence-corrected chi connectivity index (χ3v) is 2.80. The third-order valence-electron chi connectivity index (χ3n) is 2.80. The maximum Gasteiger partial charge on any atom is 0.122 e. The first kappa shape index (κ1) is 13.8. The van der Waals surface area contributed by atoms with E-state index in [-0.39, 0.29) is 6.61 Å². The third kappa shape index (κ3) is 4.27. The van der Waals surface area contributed by atoms with E-state index in [1.165, 1.54) is 11.3 Å². The van der Waals surface area contributed by atoms with Gasteiger partial charge in [0, 0.05) is 25.9 Å². The molecule has 0 bridgehead atoms. The molecule has 0 radical (unpaired) electrons. The average molecular weight is 237 g/mol. The van der Waals surface area contributed by atoms with E-state index < -0.39 is 0 Å². The van der Waals surface area contributed by atoms with Crippen molar-refractivity contribution in [3.8, 4) is 5.75 Å². The van der Waals surface area contributed by atoms with Gasteiger partial charge in [-0.1, -0.05) is 0 Å². The van der Waals surface area contributed by atoms with E-state index in [9.17, 15) is 0 Å². The summed E-state index contributed by atoms with van der Waals surface area (Å²) in [6.07, 6.45) is 1.87. The minimum absolute atomic E-state index is 0.274. The van der Waals surface area contributed by atoms with Crippen molar-refractivity contribution in [1.29, 1.82) is 0 Å². The molecule has 0 aliphatic heterocycles. The predicted molar refractivity (Wildman–Crippen MR) is 71.9 cm³/mol. The zero-order valence-corrected chi connectivity index (χ0v) is 11.1. The highest BCUT2D eigenvalue weighted by Crippen LogP contribution is 2.24. The van der Waals surface area contributed by atoms with Crippen LogP contribution in [0.25, 0.3) is 0 Å². The molecule has 0 saturated carbocycles. The summed E-state index contributed by atoms with van der Waals surface area (Å²) in [5.41, 5.74) is 2.36. The highest BCUT2D eigenvalue weighted by atomic mass is 16.5. The lowest BCUT2D eigenvalue weighted by Crippen LogP contribution is -2.18. The van der Waals surface area contributed by atoms with Gasteiger partial charge >= 0.3 is 0 Å². The van der Waals surface area contributed by atoms with Gasteiger partial charge in [-0.2, -0.15) is 0 Å². The van der Waals surface area contributed by atoms with E-state index in [0.717, 1.165) is 25.1 Å². The Balaban J connectivity index is 2.62. The number of hydrogen-bond donors (Lipinski definition) is 1. The fraction of sp³-hybridized carbons (Fsp3) is 0.571. The molecule has 0 amide bonds. The summed E-state index contributed by atoms with van der Waals surface area (Å²) in [4.78, 5) is 2.21. The topological polar surface area (TPSA) is 32.7 Å². The fourth-order valence-electron chi connectivity index (χ4n) is 1.78. The van der Waals surface area contributed by atoms with E-state index in [0.29, 0.717) is 6.61 Å². The van der Waals surface area contributed by atoms with Gasteiger partial charge in [-0.3, -0.25) is 0 Å². The van der Waals surface area contributed by atoms with Gasteiger partial charge in [0.05, 0.1) is 6.61 Å². The minimum Gasteiger partial charge on any atom is -0.494 e. The number of aliphatic hydroxyl groups excluding tert-OH is 1. The van der Waals surface area contributed by atoms with Crippen molar-refractivity contribution in [3.05, 3.63) is 23.8 Å². The number of benzene rings is 1. The van der Waals surface area contributed by atoms with Gasteiger partial charge in [-0.05, 0) is 50.5 Å². The minimum atomic E-state index is 0.274. The monoisotopic (exact) mass is 237 g/mol. The van der Waals surface area contributed by atoms with Gasteiger partial charge in [0.15, 0.2) is 0 Å². The molecule has 0 spiro atoms. The maximum absolute atomic E-state index is 8.75. The number of aliphatic hydroxyl groups is 1. The Morgan fingerprint density at radius 1 is 1.29 bits per heavy atom. The Kier molecular flexibility index (Phi) is 5.84. The van der Waals surface area contributed by atoms with Crippen LogP contribution in [0.3, 0.4) is 0 Å². The average Bonchev–Trinajstić information content (AvgIpc) is 2.32. The largest absolute Gasteiger partial charge is 0.494 e. The van der Waals surface area contributed by atoms with Crippen LogP contribution in [-0.2, 0) is 0 Å². The number of rotatable bonds is 7. The van der Waals surface area contributed by atoms with Crippen LogP contribution in [0.15, 0.2) is 18.2 Å². The maximum atomic E-state index is 8.75. The summed E-state index contributed by atoms with van der Waals surface area (Å²) < 4.78 is 5.52. The quantitative estimate of drug-likeness (QED) is 0.740. The lowest BCUT2D eigenvalue weighted by atomic mass is 10.2. The Morgan fingerprint density at radius 3 is 2.65 bits per heavy atom. The van der Waals surface area contributed by atoms with E-state index in [2.05, 4.69) is 31.0 Å². The first-order chi connectivity index (χ1) is 8.19. The van der Waals surface area contributed by atoms with Crippen molar-refractivity contribution in [2.24, 2.45) is 0 Å². The van der Waals surface area contributed by atoms with Crippen LogP contribution in [-0.4, -0.2) is 31.9 Å². The van der Waals surface area contributed by atoms with Gasteiger partial charge in [-0.15, -0.1) is 0 Å². The van der Waals surface area contributed by atoms with Gasteiger partial charge in [0.1, 0.15) is 5.75 Å². The summed E-state index contributed by atoms with van der Waals surface area (Å²) in [6, 6.07) is 6.25. The second-order valence-corrected chi connectivity index (χ2v) is 4.24. The summed E-state index contributed by atoms with van der Waals surface area (Å²) in [5, 5.41) is 8.75. The van der Waals surface area contributed by atoms with Crippen LogP contribution in [0, 0.1) is 6.92 Å². The van der Waals surface area contributed by atoms with E-state index in [1.54, 1.807) is 0 Å². The van der Waals surface area contributed by atoms with Crippen molar-refractivity contribution >= 4 is 5.69 Å². The number of aryl methyl sites for hydroxylation is 1. The van der Waals surface area contributed by atoms with Crippen LogP contribution in [0.2, 0.25) is 0 Å². The van der Waals surface area contributed by atoms with Crippen molar-refractivity contribution in [1.82, 2.24) is 0 Å². The molecule has 1 aromatic rings. The highest BCUT2D eigenvalue weighted by molar-refractivity contribution is 5.52. The molecule has 1 aromatic carbocycles. The molecule has 0 unspecified atom stereocenters. The number of unbranched alkanes of at least 4 members (excludes halogenated alkanes) is 1. The molecule has 0 aliphatic carbocycles. The Morgan fingerprint density at radius 2 is 2.06 bits per heavy atom. The van der Waals surface area contributed by atoms with E-state index >= 15 is 0 Å². The SMILES string of the molecule is CCOc1ccc(N(C)CCCCO)cc1C. The van der Waals surface area contributed by atoms with Gasteiger partial charge < -0.3 is 14.7 Å². The van der Waals surface area contributed by atoms with Gasteiger partial charge in [-0.25, -0.2) is 0 Å². The van der Waals surface area contributed by atoms with Crippen molar-refractivity contribution < 1.29 is 9.84 Å². The molecule has 0 atom stereocenters. The molecular weight excluding hydrogens is 214 g/mol. The Labute approximate surface area is 104 Å². The normalized spacial score (nSPS) is 10.4. The summed E-state index contributed by atoms with van der Waals surface area (Å²) >= 11 is 0. The molecule has 3 heteroatoms. The summed E-state index contributed by atoms with van der Waals surface area (Å²) in [5.74, 6) is 0.958. The van der Waals surface area contributed by atoms with E-state index in [4.69, 9.17) is 9.84 Å². The van der Waals surface area contributed by atoms with Crippen LogP contribution in [0.1, 0.15) is 25.3 Å². The highest BCUT2D eigenvalue weighted by Gasteiger charge is 2.04. The lowest BCUT2D eigenvalue weighted by Gasteiger charge is -2.20. The predicted octanol–water partition coefficient (Wildman–Crippen LogP) is 2.60. The molecule has 0 fully saturated rings. The molecule has 17 heavy (non-hydrogen) atoms. The van der Waals surface area contributed by atoms with Crippen molar-refractivity contribution in [3.63, 3.8) is 0 Å². The molecule has 0 saturated heterocycles. The second-order valence-electron chi connectivity index (χ2n) is 4.24. The molecule has 0 heterocycles. The van der Waals surface area contributed by atoms with Crippen LogP contribution in [0.4, 0.5) is 5.69 Å². The first-order valence-electron chi connectivity index (χ1n) is 6.24. The smallest absolute Gasteiger partial charge is 0.122 e. The fourth-order valence-corrected chi connectivity index (χ4v) is 1.78. The summed E-state index contributed by atoms with van der Waals surface area (Å²) in [6.45, 7) is 6.00. The molecule has 96 valence electrons.